The van der Waals surface area contributed by atoms with Crippen molar-refractivity contribution in [2.24, 2.45) is 0 Å². The van der Waals surface area contributed by atoms with Crippen LogP contribution >= 0.6 is 0 Å². The first kappa shape index (κ1) is 30.7. The van der Waals surface area contributed by atoms with E-state index in [4.69, 9.17) is 4.74 Å². The fraction of sp³-hybridized carbons (Fsp3) is 0.355. The highest BCUT2D eigenvalue weighted by molar-refractivity contribution is 7.92. The Labute approximate surface area is 238 Å². The molecule has 0 bridgehead atoms. The zero-order valence-electron chi connectivity index (χ0n) is 23.8. The highest BCUT2D eigenvalue weighted by Gasteiger charge is 2.33. The molecule has 3 rings (SSSR count). The molecule has 0 aliphatic rings. The molecule has 0 aliphatic heterocycles. The van der Waals surface area contributed by atoms with E-state index in [1.807, 2.05) is 57.2 Å². The van der Waals surface area contributed by atoms with Crippen LogP contribution in [0.1, 0.15) is 38.3 Å². The Morgan fingerprint density at radius 3 is 2.17 bits per heavy atom. The molecule has 0 aliphatic carbocycles. The minimum absolute atomic E-state index is 0.0461. The topological polar surface area (TPSA) is 96.0 Å². The van der Waals surface area contributed by atoms with E-state index in [-0.39, 0.29) is 29.1 Å². The lowest BCUT2D eigenvalue weighted by atomic mass is 10.1. The maximum absolute atomic E-state index is 14.0. The van der Waals surface area contributed by atoms with Crippen molar-refractivity contribution in [1.82, 2.24) is 10.2 Å². The zero-order chi connectivity index (χ0) is 29.3. The van der Waals surface area contributed by atoms with Crippen molar-refractivity contribution < 1.29 is 22.7 Å². The molecule has 0 saturated carbocycles. The van der Waals surface area contributed by atoms with E-state index in [1.54, 1.807) is 37.3 Å². The van der Waals surface area contributed by atoms with Crippen LogP contribution in [0, 0.1) is 6.92 Å². The standard InChI is InChI=1S/C31H39N3O5S/c1-6-24(3)32-31(36)25(4)33(20-19-26-13-9-7-10-14-26)30(35)22-34(28-21-23(2)17-18-29(28)39-5)40(37,38)27-15-11-8-12-16-27/h7-18,21,24-25H,6,19-20,22H2,1-5H3,(H,32,36)/t24-,25-/m1/s1. The van der Waals surface area contributed by atoms with Gasteiger partial charge in [-0.1, -0.05) is 61.5 Å². The van der Waals surface area contributed by atoms with Gasteiger partial charge in [0, 0.05) is 12.6 Å². The molecule has 0 fully saturated rings. The Kier molecular flexibility index (Phi) is 10.7. The summed E-state index contributed by atoms with van der Waals surface area (Å²) >= 11 is 0. The van der Waals surface area contributed by atoms with Crippen LogP contribution < -0.4 is 14.4 Å². The maximum Gasteiger partial charge on any atom is 0.264 e. The normalized spacial score (nSPS) is 12.7. The molecule has 0 aromatic heterocycles. The highest BCUT2D eigenvalue weighted by Crippen LogP contribution is 2.33. The van der Waals surface area contributed by atoms with Crippen LogP contribution in [0.25, 0.3) is 0 Å². The molecule has 0 unspecified atom stereocenters. The van der Waals surface area contributed by atoms with Gasteiger partial charge in [-0.3, -0.25) is 13.9 Å². The maximum atomic E-state index is 14.0. The lowest BCUT2D eigenvalue weighted by Crippen LogP contribution is -2.53. The van der Waals surface area contributed by atoms with E-state index in [2.05, 4.69) is 5.32 Å². The van der Waals surface area contributed by atoms with Crippen LogP contribution in [0.3, 0.4) is 0 Å². The van der Waals surface area contributed by atoms with Crippen LogP contribution in [0.4, 0.5) is 5.69 Å². The van der Waals surface area contributed by atoms with Gasteiger partial charge in [-0.15, -0.1) is 0 Å². The summed E-state index contributed by atoms with van der Waals surface area (Å²) in [6, 6.07) is 21.9. The van der Waals surface area contributed by atoms with Gasteiger partial charge in [-0.2, -0.15) is 0 Å². The Balaban J connectivity index is 2.03. The van der Waals surface area contributed by atoms with E-state index < -0.39 is 28.5 Å². The molecule has 40 heavy (non-hydrogen) atoms. The number of nitrogens with zero attached hydrogens (tertiary/aromatic N) is 2. The number of ether oxygens (including phenoxy) is 1. The second kappa shape index (κ2) is 14.0. The molecule has 0 radical (unpaired) electrons. The van der Waals surface area contributed by atoms with Gasteiger partial charge in [0.25, 0.3) is 10.0 Å². The molecule has 3 aromatic carbocycles. The molecule has 2 amide bonds. The van der Waals surface area contributed by atoms with Crippen molar-refractivity contribution >= 4 is 27.5 Å². The van der Waals surface area contributed by atoms with Crippen molar-refractivity contribution in [2.45, 2.75) is 57.5 Å². The smallest absolute Gasteiger partial charge is 0.264 e. The molecule has 8 nitrogen and oxygen atoms in total. The monoisotopic (exact) mass is 565 g/mol. The number of hydrogen-bond donors (Lipinski definition) is 1. The number of benzene rings is 3. The van der Waals surface area contributed by atoms with Gasteiger partial charge < -0.3 is 15.0 Å². The second-order valence-electron chi connectivity index (χ2n) is 9.82. The van der Waals surface area contributed by atoms with Crippen LogP contribution in [0.15, 0.2) is 83.8 Å². The third-order valence-corrected chi connectivity index (χ3v) is 8.64. The predicted molar refractivity (Wildman–Crippen MR) is 158 cm³/mol. The molecule has 0 saturated heterocycles. The summed E-state index contributed by atoms with van der Waals surface area (Å²) in [5.74, 6) is -0.469. The molecule has 9 heteroatoms. The van der Waals surface area contributed by atoms with E-state index in [1.165, 1.54) is 24.1 Å². The minimum Gasteiger partial charge on any atom is -0.495 e. The van der Waals surface area contributed by atoms with Gasteiger partial charge in [0.05, 0.1) is 17.7 Å². The molecule has 0 spiro atoms. The molecule has 0 heterocycles. The summed E-state index contributed by atoms with van der Waals surface area (Å²) in [4.78, 5) is 28.6. The van der Waals surface area contributed by atoms with Crippen molar-refractivity contribution in [3.8, 4) is 5.75 Å². The summed E-state index contributed by atoms with van der Waals surface area (Å²) in [5, 5.41) is 2.94. The zero-order valence-corrected chi connectivity index (χ0v) is 24.6. The van der Waals surface area contributed by atoms with Crippen molar-refractivity contribution in [2.75, 3.05) is 24.5 Å². The Bertz CT molecular complexity index is 1380. The molecule has 214 valence electrons. The lowest BCUT2D eigenvalue weighted by molar-refractivity contribution is -0.139. The predicted octanol–water partition coefficient (Wildman–Crippen LogP) is 4.57. The Hall–Kier alpha value is -3.85. The SMILES string of the molecule is CC[C@@H](C)NC(=O)[C@@H](C)N(CCc1ccccc1)C(=O)CN(c1cc(C)ccc1OC)S(=O)(=O)c1ccccc1. The van der Waals surface area contributed by atoms with Gasteiger partial charge in [-0.05, 0) is 69.0 Å². The average Bonchev–Trinajstić information content (AvgIpc) is 2.96. The first-order chi connectivity index (χ1) is 19.1. The molecule has 2 atom stereocenters. The first-order valence-electron chi connectivity index (χ1n) is 13.4. The number of nitrogens with one attached hydrogen (secondary N) is 1. The van der Waals surface area contributed by atoms with Crippen LogP contribution in [-0.2, 0) is 26.0 Å². The number of carbonyl (C=O) groups excluding carboxylic acids is 2. The summed E-state index contributed by atoms with van der Waals surface area (Å²) in [5.41, 5.74) is 2.06. The average molecular weight is 566 g/mol. The minimum atomic E-state index is -4.16. The van der Waals surface area contributed by atoms with Gasteiger partial charge in [-0.25, -0.2) is 8.42 Å². The van der Waals surface area contributed by atoms with Crippen molar-refractivity contribution in [1.29, 1.82) is 0 Å². The fourth-order valence-corrected chi connectivity index (χ4v) is 5.70. The Morgan fingerprint density at radius 2 is 1.57 bits per heavy atom. The van der Waals surface area contributed by atoms with Crippen LogP contribution in [-0.4, -0.2) is 57.4 Å². The number of sulfonamides is 1. The number of rotatable bonds is 13. The van der Waals surface area contributed by atoms with E-state index in [0.717, 1.165) is 21.9 Å². The van der Waals surface area contributed by atoms with E-state index in [0.29, 0.717) is 12.2 Å². The van der Waals surface area contributed by atoms with Gasteiger partial charge in [0.1, 0.15) is 18.3 Å². The third-order valence-electron chi connectivity index (χ3n) is 6.87. The van der Waals surface area contributed by atoms with Crippen molar-refractivity contribution in [3.63, 3.8) is 0 Å². The molecule has 3 aromatic rings. The number of methoxy groups -OCH3 is 1. The highest BCUT2D eigenvalue weighted by atomic mass is 32.2. The van der Waals surface area contributed by atoms with Gasteiger partial charge in [0.15, 0.2) is 0 Å². The summed E-state index contributed by atoms with van der Waals surface area (Å²) in [6.45, 7) is 7.11. The fourth-order valence-electron chi connectivity index (χ4n) is 4.26. The number of aryl methyl sites for hydroxylation is 1. The molecular formula is C31H39N3O5S. The first-order valence-corrected chi connectivity index (χ1v) is 14.9. The third kappa shape index (κ3) is 7.63. The summed E-state index contributed by atoms with van der Waals surface area (Å²) in [6.07, 6.45) is 1.25. The van der Waals surface area contributed by atoms with Crippen LogP contribution in [0.5, 0.6) is 5.75 Å². The van der Waals surface area contributed by atoms with Gasteiger partial charge >= 0.3 is 0 Å². The molecular weight excluding hydrogens is 526 g/mol. The Morgan fingerprint density at radius 1 is 0.950 bits per heavy atom. The van der Waals surface area contributed by atoms with E-state index >= 15 is 0 Å². The number of amides is 2. The summed E-state index contributed by atoms with van der Waals surface area (Å²) in [7, 11) is -2.71. The van der Waals surface area contributed by atoms with Gasteiger partial charge in [0.2, 0.25) is 11.8 Å². The van der Waals surface area contributed by atoms with Crippen molar-refractivity contribution in [3.05, 3.63) is 90.0 Å². The molecule has 1 N–H and O–H groups in total. The van der Waals surface area contributed by atoms with E-state index in [9.17, 15) is 18.0 Å². The summed E-state index contributed by atoms with van der Waals surface area (Å²) < 4.78 is 34.5. The number of hydrogen-bond acceptors (Lipinski definition) is 5. The second-order valence-corrected chi connectivity index (χ2v) is 11.7. The van der Waals surface area contributed by atoms with Crippen LogP contribution in [0.2, 0.25) is 0 Å². The largest absolute Gasteiger partial charge is 0.495 e. The lowest BCUT2D eigenvalue weighted by Gasteiger charge is -2.33. The number of carbonyl (C=O) groups is 2. The number of anilines is 1. The quantitative estimate of drug-likeness (QED) is 0.328.